The van der Waals surface area contributed by atoms with E-state index in [1.165, 1.54) is 48.5 Å². The molecule has 0 spiro atoms. The molecule has 0 unspecified atom stereocenters. The van der Waals surface area contributed by atoms with E-state index in [0.29, 0.717) is 19.7 Å². The fourth-order valence-electron chi connectivity index (χ4n) is 4.11. The Morgan fingerprint density at radius 1 is 0.667 bits per heavy atom. The highest BCUT2D eigenvalue weighted by Gasteiger charge is 2.37. The Morgan fingerprint density at radius 2 is 1.21 bits per heavy atom. The van der Waals surface area contributed by atoms with Crippen molar-refractivity contribution in [1.82, 2.24) is 0 Å². The predicted octanol–water partition coefficient (Wildman–Crippen LogP) is 6.31. The summed E-state index contributed by atoms with van der Waals surface area (Å²) in [5, 5.41) is 0.635. The topological polar surface area (TPSA) is 102 Å². The van der Waals surface area contributed by atoms with Gasteiger partial charge < -0.3 is 4.42 Å². The molecule has 0 aliphatic heterocycles. The van der Waals surface area contributed by atoms with Crippen LogP contribution in [0, 0.1) is 13.8 Å². The quantitative estimate of drug-likeness (QED) is 0.218. The Labute approximate surface area is 231 Å². The van der Waals surface area contributed by atoms with Gasteiger partial charge in [0, 0.05) is 16.0 Å². The lowest BCUT2D eigenvalue weighted by atomic mass is 10.1. The summed E-state index contributed by atoms with van der Waals surface area (Å²) in [6.07, 6.45) is 0. The Balaban J connectivity index is 1.76. The van der Waals surface area contributed by atoms with Gasteiger partial charge in [-0.25, -0.2) is 21.6 Å². The monoisotopic (exact) mass is 579 g/mol. The van der Waals surface area contributed by atoms with Gasteiger partial charge in [-0.15, -0.1) is 0 Å². The van der Waals surface area contributed by atoms with Gasteiger partial charge in [0.2, 0.25) is 0 Å². The molecule has 0 atom stereocenters. The molecule has 1 heterocycles. The van der Waals surface area contributed by atoms with E-state index in [9.17, 15) is 21.6 Å². The van der Waals surface area contributed by atoms with Crippen molar-refractivity contribution in [2.24, 2.45) is 0 Å². The average Bonchev–Trinajstić information content (AvgIpc) is 2.89. The highest BCUT2D eigenvalue weighted by molar-refractivity contribution is 8.10. The number of anilines is 1. The van der Waals surface area contributed by atoms with Gasteiger partial charge in [0.1, 0.15) is 5.58 Å². The van der Waals surface area contributed by atoms with Gasteiger partial charge in [-0.05, 0) is 68.4 Å². The van der Waals surface area contributed by atoms with E-state index in [0.717, 1.165) is 11.1 Å². The highest BCUT2D eigenvalue weighted by atomic mass is 35.5. The number of fused-ring (bicyclic) bond motifs is 1. The van der Waals surface area contributed by atoms with Gasteiger partial charge in [0.15, 0.2) is 0 Å². The molecule has 0 saturated heterocycles. The summed E-state index contributed by atoms with van der Waals surface area (Å²) in [6.45, 7) is 3.59. The first-order valence-corrected chi connectivity index (χ1v) is 15.0. The first-order chi connectivity index (χ1) is 18.5. The van der Waals surface area contributed by atoms with Crippen LogP contribution in [0.4, 0.5) is 5.69 Å². The minimum atomic E-state index is -4.60. The number of hydrogen-bond acceptors (Lipinski definition) is 6. The van der Waals surface area contributed by atoms with Crippen LogP contribution in [0.25, 0.3) is 22.1 Å². The molecule has 0 fully saturated rings. The zero-order chi connectivity index (χ0) is 27.9. The third kappa shape index (κ3) is 4.96. The Morgan fingerprint density at radius 3 is 1.74 bits per heavy atom. The molecule has 198 valence electrons. The molecule has 7 nitrogen and oxygen atoms in total. The van der Waals surface area contributed by atoms with Gasteiger partial charge in [0.25, 0.3) is 20.0 Å². The number of sulfonamides is 2. The maximum Gasteiger partial charge on any atom is 0.344 e. The normalized spacial score (nSPS) is 12.0. The summed E-state index contributed by atoms with van der Waals surface area (Å²) < 4.78 is 61.5. The summed E-state index contributed by atoms with van der Waals surface area (Å²) >= 11 is 6.29. The number of rotatable bonds is 6. The van der Waals surface area contributed by atoms with Crippen LogP contribution in [-0.4, -0.2) is 16.8 Å². The molecule has 0 aliphatic carbocycles. The number of benzene rings is 4. The molecule has 1 aromatic heterocycles. The minimum absolute atomic E-state index is 0.150. The zero-order valence-electron chi connectivity index (χ0n) is 20.8. The summed E-state index contributed by atoms with van der Waals surface area (Å²) in [4.78, 5) is 12.3. The molecule has 5 rings (SSSR count). The van der Waals surface area contributed by atoms with Crippen LogP contribution < -0.4 is 9.34 Å². The highest BCUT2D eigenvalue weighted by Crippen LogP contribution is 2.34. The molecule has 0 amide bonds. The van der Waals surface area contributed by atoms with Crippen molar-refractivity contribution < 1.29 is 21.3 Å². The number of hydrogen-bond donors (Lipinski definition) is 0. The first kappa shape index (κ1) is 26.7. The Bertz CT molecular complexity index is 1910. The van der Waals surface area contributed by atoms with Crippen molar-refractivity contribution in [2.45, 2.75) is 23.6 Å². The summed E-state index contributed by atoms with van der Waals surface area (Å²) in [5.74, 6) is 0. The van der Waals surface area contributed by atoms with Crippen LogP contribution in [0.2, 0.25) is 5.02 Å². The van der Waals surface area contributed by atoms with Crippen LogP contribution in [-0.2, 0) is 20.0 Å². The Kier molecular flexibility index (Phi) is 6.84. The molecular formula is C29H22ClNO6S2. The third-order valence-electron chi connectivity index (χ3n) is 6.16. The predicted molar refractivity (Wildman–Crippen MR) is 152 cm³/mol. The van der Waals surface area contributed by atoms with Gasteiger partial charge in [-0.1, -0.05) is 65.2 Å². The smallest absolute Gasteiger partial charge is 0.344 e. The van der Waals surface area contributed by atoms with E-state index in [1.807, 2.05) is 0 Å². The summed E-state index contributed by atoms with van der Waals surface area (Å²) in [7, 11) is -9.20. The first-order valence-electron chi connectivity index (χ1n) is 11.8. The standard InChI is InChI=1S/C29H22ClNO6S2/c1-19-7-12-23(13-8-19)38(33,34)31(39(35,36)24-14-9-20(2)10-15-24)22-11-16-28-21(17-22)18-26(29(32)37-28)25-5-3-4-6-27(25)30/h3-18H,1-2H3. The van der Waals surface area contributed by atoms with Crippen molar-refractivity contribution >= 4 is 48.3 Å². The third-order valence-corrected chi connectivity index (χ3v) is 10.7. The molecular weight excluding hydrogens is 558 g/mol. The lowest BCUT2D eigenvalue weighted by Crippen LogP contribution is -2.37. The van der Waals surface area contributed by atoms with Crippen molar-refractivity contribution in [3.05, 3.63) is 124 Å². The van der Waals surface area contributed by atoms with E-state index < -0.39 is 25.7 Å². The molecule has 10 heteroatoms. The van der Waals surface area contributed by atoms with Crippen LogP contribution in [0.1, 0.15) is 11.1 Å². The molecule has 0 radical (unpaired) electrons. The van der Waals surface area contributed by atoms with Crippen LogP contribution in [0.3, 0.4) is 0 Å². The van der Waals surface area contributed by atoms with E-state index in [-0.39, 0.29) is 26.6 Å². The number of aryl methyl sites for hydroxylation is 2. The second-order valence-corrected chi connectivity index (χ2v) is 13.2. The molecule has 0 saturated carbocycles. The zero-order valence-corrected chi connectivity index (χ0v) is 23.2. The van der Waals surface area contributed by atoms with Gasteiger partial charge >= 0.3 is 5.63 Å². The van der Waals surface area contributed by atoms with Crippen LogP contribution in [0.5, 0.6) is 0 Å². The Hall–Kier alpha value is -3.92. The van der Waals surface area contributed by atoms with Crippen molar-refractivity contribution in [1.29, 1.82) is 0 Å². The SMILES string of the molecule is Cc1ccc(S(=O)(=O)N(c2ccc3oc(=O)c(-c4ccccc4Cl)cc3c2)S(=O)(=O)c2ccc(C)cc2)cc1. The van der Waals surface area contributed by atoms with Crippen LogP contribution in [0.15, 0.2) is 116 Å². The molecule has 5 aromatic rings. The molecule has 0 N–H and O–H groups in total. The summed E-state index contributed by atoms with van der Waals surface area (Å²) in [6, 6.07) is 24.0. The minimum Gasteiger partial charge on any atom is -0.422 e. The van der Waals surface area contributed by atoms with Crippen molar-refractivity contribution in [3.8, 4) is 11.1 Å². The van der Waals surface area contributed by atoms with Gasteiger partial charge in [-0.2, -0.15) is 3.71 Å². The van der Waals surface area contributed by atoms with E-state index in [2.05, 4.69) is 0 Å². The second kappa shape index (κ2) is 10.00. The number of nitrogens with zero attached hydrogens (tertiary/aromatic N) is 1. The fraction of sp³-hybridized carbons (Fsp3) is 0.0690. The van der Waals surface area contributed by atoms with Crippen LogP contribution >= 0.6 is 11.6 Å². The largest absolute Gasteiger partial charge is 0.422 e. The maximum absolute atomic E-state index is 13.9. The maximum atomic E-state index is 13.9. The van der Waals surface area contributed by atoms with E-state index in [1.54, 1.807) is 62.4 Å². The molecule has 0 bridgehead atoms. The second-order valence-electron chi connectivity index (χ2n) is 8.98. The summed E-state index contributed by atoms with van der Waals surface area (Å²) in [5.41, 5.74) is 1.57. The molecule has 0 aliphatic rings. The van der Waals surface area contributed by atoms with E-state index >= 15 is 0 Å². The lowest BCUT2D eigenvalue weighted by Gasteiger charge is -2.24. The van der Waals surface area contributed by atoms with E-state index in [4.69, 9.17) is 16.0 Å². The van der Waals surface area contributed by atoms with Crippen molar-refractivity contribution in [2.75, 3.05) is 3.71 Å². The average molecular weight is 580 g/mol. The number of halogens is 1. The molecule has 4 aromatic carbocycles. The lowest BCUT2D eigenvalue weighted by molar-refractivity contribution is 0.563. The van der Waals surface area contributed by atoms with Gasteiger partial charge in [0.05, 0.1) is 21.0 Å². The molecule has 39 heavy (non-hydrogen) atoms. The van der Waals surface area contributed by atoms with Gasteiger partial charge in [-0.3, -0.25) is 0 Å². The fourth-order valence-corrected chi connectivity index (χ4v) is 8.02. The van der Waals surface area contributed by atoms with Crippen molar-refractivity contribution in [3.63, 3.8) is 0 Å².